The molecule has 27 heavy (non-hydrogen) atoms. The SMILES string of the molecule is CCC1CCCCN1CCCNC(=O)C(C)Sc1ccc(OC)c(OC)c1. The van der Waals surface area contributed by atoms with Crippen molar-refractivity contribution in [3.8, 4) is 11.5 Å². The molecular formula is C21H34N2O3S. The molecule has 6 heteroatoms. The number of benzene rings is 1. The average Bonchev–Trinajstić information content (AvgIpc) is 2.71. The van der Waals surface area contributed by atoms with Gasteiger partial charge in [0.2, 0.25) is 5.91 Å². The molecule has 1 fully saturated rings. The highest BCUT2D eigenvalue weighted by Gasteiger charge is 2.20. The summed E-state index contributed by atoms with van der Waals surface area (Å²) in [5.41, 5.74) is 0. The van der Waals surface area contributed by atoms with E-state index in [1.807, 2.05) is 25.1 Å². The fraction of sp³-hybridized carbons (Fsp3) is 0.667. The number of hydrogen-bond acceptors (Lipinski definition) is 5. The number of ether oxygens (including phenoxy) is 2. The number of carbonyl (C=O) groups is 1. The molecule has 152 valence electrons. The largest absolute Gasteiger partial charge is 0.493 e. The normalized spacial score (nSPS) is 18.7. The zero-order valence-electron chi connectivity index (χ0n) is 17.1. The third kappa shape index (κ3) is 6.61. The molecule has 0 bridgehead atoms. The second kappa shape index (κ2) is 11.4. The number of carbonyl (C=O) groups excluding carboxylic acids is 1. The molecule has 0 radical (unpaired) electrons. The van der Waals surface area contributed by atoms with Crippen molar-refractivity contribution in [1.82, 2.24) is 10.2 Å². The van der Waals surface area contributed by atoms with Gasteiger partial charge < -0.3 is 19.7 Å². The van der Waals surface area contributed by atoms with Crippen molar-refractivity contribution < 1.29 is 14.3 Å². The van der Waals surface area contributed by atoms with Crippen LogP contribution < -0.4 is 14.8 Å². The maximum Gasteiger partial charge on any atom is 0.233 e. The molecule has 2 rings (SSSR count). The van der Waals surface area contributed by atoms with E-state index in [9.17, 15) is 4.79 Å². The zero-order valence-corrected chi connectivity index (χ0v) is 17.9. The van der Waals surface area contributed by atoms with Crippen LogP contribution in [-0.2, 0) is 4.79 Å². The molecule has 0 aromatic heterocycles. The molecule has 0 aliphatic carbocycles. The number of likely N-dealkylation sites (tertiary alicyclic amines) is 1. The minimum atomic E-state index is -0.151. The molecule has 0 saturated carbocycles. The van der Waals surface area contributed by atoms with Crippen LogP contribution in [0.2, 0.25) is 0 Å². The van der Waals surface area contributed by atoms with Crippen molar-refractivity contribution >= 4 is 17.7 Å². The van der Waals surface area contributed by atoms with Crippen molar-refractivity contribution in [3.63, 3.8) is 0 Å². The second-order valence-electron chi connectivity index (χ2n) is 7.02. The molecule has 2 atom stereocenters. The second-order valence-corrected chi connectivity index (χ2v) is 8.43. The third-order valence-electron chi connectivity index (χ3n) is 5.18. The topological polar surface area (TPSA) is 50.8 Å². The van der Waals surface area contributed by atoms with Gasteiger partial charge >= 0.3 is 0 Å². The van der Waals surface area contributed by atoms with Gasteiger partial charge in [0.15, 0.2) is 11.5 Å². The molecule has 1 saturated heterocycles. The van der Waals surface area contributed by atoms with Crippen molar-refractivity contribution in [2.75, 3.05) is 33.9 Å². The number of methoxy groups -OCH3 is 2. The van der Waals surface area contributed by atoms with Crippen LogP contribution in [0.4, 0.5) is 0 Å². The first-order valence-corrected chi connectivity index (χ1v) is 10.9. The highest BCUT2D eigenvalue weighted by molar-refractivity contribution is 8.00. The van der Waals surface area contributed by atoms with Crippen molar-refractivity contribution in [2.24, 2.45) is 0 Å². The first-order valence-electron chi connectivity index (χ1n) is 9.99. The molecule has 1 heterocycles. The highest BCUT2D eigenvalue weighted by atomic mass is 32.2. The Balaban J connectivity index is 1.74. The van der Waals surface area contributed by atoms with Crippen LogP contribution >= 0.6 is 11.8 Å². The smallest absolute Gasteiger partial charge is 0.233 e. The van der Waals surface area contributed by atoms with Gasteiger partial charge in [0, 0.05) is 24.0 Å². The van der Waals surface area contributed by atoms with E-state index < -0.39 is 0 Å². The Labute approximate surface area is 168 Å². The third-order valence-corrected chi connectivity index (χ3v) is 6.27. The summed E-state index contributed by atoms with van der Waals surface area (Å²) in [5, 5.41) is 2.93. The van der Waals surface area contributed by atoms with Gasteiger partial charge in [-0.2, -0.15) is 0 Å². The summed E-state index contributed by atoms with van der Waals surface area (Å²) < 4.78 is 10.6. The minimum absolute atomic E-state index is 0.0838. The minimum Gasteiger partial charge on any atom is -0.493 e. The van der Waals surface area contributed by atoms with E-state index >= 15 is 0 Å². The average molecular weight is 395 g/mol. The molecular weight excluding hydrogens is 360 g/mol. The van der Waals surface area contributed by atoms with Crippen LogP contribution in [0.1, 0.15) is 46.0 Å². The van der Waals surface area contributed by atoms with E-state index in [1.54, 1.807) is 14.2 Å². The summed E-state index contributed by atoms with van der Waals surface area (Å²) in [6.07, 6.45) is 6.22. The van der Waals surface area contributed by atoms with E-state index in [4.69, 9.17) is 9.47 Å². The van der Waals surface area contributed by atoms with E-state index in [1.165, 1.54) is 44.0 Å². The molecule has 5 nitrogen and oxygen atoms in total. The Morgan fingerprint density at radius 1 is 1.30 bits per heavy atom. The number of piperidine rings is 1. The van der Waals surface area contributed by atoms with Gasteiger partial charge in [-0.25, -0.2) is 0 Å². The summed E-state index contributed by atoms with van der Waals surface area (Å²) in [4.78, 5) is 16.0. The van der Waals surface area contributed by atoms with Crippen LogP contribution in [0, 0.1) is 0 Å². The lowest BCUT2D eigenvalue weighted by Crippen LogP contribution is -2.41. The molecule has 2 unspecified atom stereocenters. The van der Waals surface area contributed by atoms with Gasteiger partial charge in [0.25, 0.3) is 0 Å². The Morgan fingerprint density at radius 3 is 2.78 bits per heavy atom. The number of rotatable bonds is 10. The van der Waals surface area contributed by atoms with Crippen molar-refractivity contribution in [2.45, 2.75) is 62.1 Å². The lowest BCUT2D eigenvalue weighted by atomic mass is 10.00. The quantitative estimate of drug-likeness (QED) is 0.481. The summed E-state index contributed by atoms with van der Waals surface area (Å²) in [6.45, 7) is 7.24. The van der Waals surface area contributed by atoms with E-state index in [0.717, 1.165) is 30.4 Å². The Bertz CT molecular complexity index is 597. The van der Waals surface area contributed by atoms with Crippen molar-refractivity contribution in [1.29, 1.82) is 0 Å². The number of nitrogens with zero attached hydrogens (tertiary/aromatic N) is 1. The molecule has 1 amide bonds. The monoisotopic (exact) mass is 394 g/mol. The number of hydrogen-bond donors (Lipinski definition) is 1. The molecule has 1 aromatic rings. The molecule has 0 spiro atoms. The number of amides is 1. The van der Waals surface area contributed by atoms with Gasteiger partial charge in [-0.3, -0.25) is 4.79 Å². The molecule has 1 aliphatic rings. The van der Waals surface area contributed by atoms with Crippen LogP contribution in [0.15, 0.2) is 23.1 Å². The molecule has 1 aromatic carbocycles. The first-order chi connectivity index (χ1) is 13.1. The fourth-order valence-electron chi connectivity index (χ4n) is 3.60. The maximum atomic E-state index is 12.4. The van der Waals surface area contributed by atoms with E-state index in [-0.39, 0.29) is 11.2 Å². The predicted octanol–water partition coefficient (Wildman–Crippen LogP) is 3.96. The van der Waals surface area contributed by atoms with Crippen LogP contribution in [0.25, 0.3) is 0 Å². The van der Waals surface area contributed by atoms with Gasteiger partial charge in [-0.1, -0.05) is 13.3 Å². The highest BCUT2D eigenvalue weighted by Crippen LogP contribution is 2.33. The Hall–Kier alpha value is -1.40. The molecule has 1 N–H and O–H groups in total. The van der Waals surface area contributed by atoms with Gasteiger partial charge in [-0.05, 0) is 57.4 Å². The zero-order chi connectivity index (χ0) is 19.6. The number of nitrogens with one attached hydrogen (secondary N) is 1. The number of thioether (sulfide) groups is 1. The Morgan fingerprint density at radius 2 is 2.07 bits per heavy atom. The first kappa shape index (κ1) is 21.9. The van der Waals surface area contributed by atoms with Gasteiger partial charge in [0.1, 0.15) is 0 Å². The predicted molar refractivity (Wildman–Crippen MR) is 112 cm³/mol. The molecule has 1 aliphatic heterocycles. The Kier molecular flexibility index (Phi) is 9.28. The van der Waals surface area contributed by atoms with Gasteiger partial charge in [-0.15, -0.1) is 11.8 Å². The standard InChI is InChI=1S/C21H34N2O3S/c1-5-17-9-6-7-13-23(17)14-8-12-22-21(24)16(2)27-18-10-11-19(25-3)20(15-18)26-4/h10-11,15-17H,5-9,12-14H2,1-4H3,(H,22,24). The summed E-state index contributed by atoms with van der Waals surface area (Å²) in [7, 11) is 3.24. The lowest BCUT2D eigenvalue weighted by molar-refractivity contribution is -0.120. The summed E-state index contributed by atoms with van der Waals surface area (Å²) >= 11 is 1.53. The van der Waals surface area contributed by atoms with E-state index in [0.29, 0.717) is 11.5 Å². The van der Waals surface area contributed by atoms with Crippen LogP contribution in [-0.4, -0.2) is 56.0 Å². The maximum absolute atomic E-state index is 12.4. The fourth-order valence-corrected chi connectivity index (χ4v) is 4.52. The van der Waals surface area contributed by atoms with E-state index in [2.05, 4.69) is 17.1 Å². The van der Waals surface area contributed by atoms with Crippen LogP contribution in [0.5, 0.6) is 11.5 Å². The van der Waals surface area contributed by atoms with Gasteiger partial charge in [0.05, 0.1) is 19.5 Å². The lowest BCUT2D eigenvalue weighted by Gasteiger charge is -2.35. The van der Waals surface area contributed by atoms with Crippen molar-refractivity contribution in [3.05, 3.63) is 18.2 Å². The summed E-state index contributed by atoms with van der Waals surface area (Å²) in [6, 6.07) is 6.47. The van der Waals surface area contributed by atoms with Crippen LogP contribution in [0.3, 0.4) is 0 Å². The summed E-state index contributed by atoms with van der Waals surface area (Å²) in [5.74, 6) is 1.46.